The monoisotopic (exact) mass is 358 g/mol. The Morgan fingerprint density at radius 2 is 1.04 bits per heavy atom. The maximum Gasteiger partial charge on any atom is 0.418 e. The van der Waals surface area contributed by atoms with Crippen LogP contribution in [0, 0.1) is 23.7 Å². The Hall–Kier alpha value is -0.690. The molecule has 0 N–H and O–H groups in total. The van der Waals surface area contributed by atoms with Gasteiger partial charge in [-0.25, -0.2) is 4.57 Å². The van der Waals surface area contributed by atoms with Crippen LogP contribution in [0.1, 0.15) is 81.1 Å². The van der Waals surface area contributed by atoms with Crippen molar-refractivity contribution in [2.75, 3.05) is 0 Å². The van der Waals surface area contributed by atoms with Gasteiger partial charge in [0, 0.05) is 12.8 Å². The van der Waals surface area contributed by atoms with Crippen LogP contribution in [0.3, 0.4) is 0 Å². The fourth-order valence-corrected chi connectivity index (χ4v) is 2.91. The lowest BCUT2D eigenvalue weighted by atomic mass is 10.1. The molecule has 0 radical (unpaired) electrons. The molecule has 4 heteroatoms. The minimum absolute atomic E-state index is 0.463. The molecule has 0 aliphatic carbocycles. The quantitative estimate of drug-likeness (QED) is 0.270. The number of hydrogen-bond donors (Lipinski definition) is 0. The molecule has 0 saturated heterocycles. The molecular weight excluding hydrogens is 319 g/mol. The van der Waals surface area contributed by atoms with Crippen LogP contribution in [0.25, 0.3) is 0 Å². The van der Waals surface area contributed by atoms with Crippen molar-refractivity contribution in [3.63, 3.8) is 0 Å². The highest BCUT2D eigenvalue weighted by molar-refractivity contribution is 7.33. The Kier molecular flexibility index (Phi) is 12.3. The van der Waals surface area contributed by atoms with E-state index in [1.54, 1.807) is 0 Å². The van der Waals surface area contributed by atoms with E-state index in [4.69, 9.17) is 9.05 Å². The number of hydrogen-bond acceptors (Lipinski definition) is 3. The molecule has 0 fully saturated rings. The van der Waals surface area contributed by atoms with E-state index < -0.39 is 8.25 Å². The van der Waals surface area contributed by atoms with Crippen LogP contribution in [0.2, 0.25) is 0 Å². The zero-order valence-electron chi connectivity index (χ0n) is 17.0. The summed E-state index contributed by atoms with van der Waals surface area (Å²) < 4.78 is 23.7. The van der Waals surface area contributed by atoms with E-state index in [-0.39, 0.29) is 0 Å². The first-order chi connectivity index (χ1) is 11.1. The zero-order valence-corrected chi connectivity index (χ0v) is 18.0. The highest BCUT2D eigenvalue weighted by Crippen LogP contribution is 2.35. The van der Waals surface area contributed by atoms with Gasteiger partial charge in [-0.05, 0) is 48.7 Å². The molecule has 0 aromatic heterocycles. The second kappa shape index (κ2) is 12.6. The van der Waals surface area contributed by atoms with Gasteiger partial charge in [0.05, 0.1) is 0 Å². The first kappa shape index (κ1) is 23.3. The van der Waals surface area contributed by atoms with Gasteiger partial charge in [-0.15, -0.1) is 0 Å². The van der Waals surface area contributed by atoms with Gasteiger partial charge in [-0.3, -0.25) is 0 Å². The van der Waals surface area contributed by atoms with Gasteiger partial charge in [0.15, 0.2) is 0 Å². The van der Waals surface area contributed by atoms with Gasteiger partial charge >= 0.3 is 8.25 Å². The summed E-state index contributed by atoms with van der Waals surface area (Å²) >= 11 is 0. The van der Waals surface area contributed by atoms with Gasteiger partial charge in [-0.1, -0.05) is 55.4 Å². The predicted molar refractivity (Wildman–Crippen MR) is 105 cm³/mol. The minimum Gasteiger partial charge on any atom is -0.423 e. The van der Waals surface area contributed by atoms with Gasteiger partial charge in [0.1, 0.15) is 11.5 Å². The molecule has 142 valence electrons. The third-order valence-electron chi connectivity index (χ3n) is 3.28. The van der Waals surface area contributed by atoms with Crippen molar-refractivity contribution in [3.05, 3.63) is 23.7 Å². The third-order valence-corrected chi connectivity index (χ3v) is 4.14. The molecule has 0 saturated carbocycles. The van der Waals surface area contributed by atoms with Crippen LogP contribution in [-0.2, 0) is 13.6 Å². The van der Waals surface area contributed by atoms with Gasteiger partial charge in [0.25, 0.3) is 0 Å². The minimum atomic E-state index is -2.56. The average Bonchev–Trinajstić information content (AvgIpc) is 2.40. The van der Waals surface area contributed by atoms with E-state index in [9.17, 15) is 4.57 Å². The van der Waals surface area contributed by atoms with E-state index in [0.717, 1.165) is 37.2 Å². The highest BCUT2D eigenvalue weighted by Gasteiger charge is 2.12. The smallest absolute Gasteiger partial charge is 0.418 e. The fraction of sp³-hybridized carbons (Fsp3) is 0.800. The van der Waals surface area contributed by atoms with Crippen molar-refractivity contribution in [1.29, 1.82) is 0 Å². The molecular formula is C20H39O3P. The first-order valence-electron chi connectivity index (χ1n) is 9.37. The lowest BCUT2D eigenvalue weighted by Gasteiger charge is -2.16. The topological polar surface area (TPSA) is 35.5 Å². The molecule has 0 aliphatic heterocycles. The maximum absolute atomic E-state index is 12.4. The molecule has 0 aromatic rings. The Morgan fingerprint density at radius 1 is 0.708 bits per heavy atom. The maximum atomic E-state index is 12.4. The van der Waals surface area contributed by atoms with Crippen LogP contribution in [0.15, 0.2) is 23.7 Å². The van der Waals surface area contributed by atoms with Crippen molar-refractivity contribution in [2.45, 2.75) is 81.1 Å². The standard InChI is InChI=1S/C20H39O3P/c1-15(2)9-11-19(13-17(5)6)22-24(21)23-20(14-18(7)8)12-10-16(3)4/h11-12,15-18,24H,9-10,13-14H2,1-8H3. The zero-order chi connectivity index (χ0) is 18.7. The Bertz CT molecular complexity index is 383. The van der Waals surface area contributed by atoms with Gasteiger partial charge in [0.2, 0.25) is 0 Å². The molecule has 3 nitrogen and oxygen atoms in total. The molecule has 0 amide bonds. The summed E-state index contributed by atoms with van der Waals surface area (Å²) in [6.45, 7) is 17.2. The lowest BCUT2D eigenvalue weighted by molar-refractivity contribution is 0.286. The lowest BCUT2D eigenvalue weighted by Crippen LogP contribution is -1.98. The fourth-order valence-electron chi connectivity index (χ4n) is 2.11. The molecule has 0 spiro atoms. The Labute approximate surface area is 150 Å². The van der Waals surface area contributed by atoms with E-state index in [1.165, 1.54) is 0 Å². The van der Waals surface area contributed by atoms with Crippen molar-refractivity contribution in [3.8, 4) is 0 Å². The first-order valence-corrected chi connectivity index (χ1v) is 10.6. The summed E-state index contributed by atoms with van der Waals surface area (Å²) in [5, 5.41) is 0. The second-order valence-corrected chi connectivity index (χ2v) is 9.16. The molecule has 0 atom stereocenters. The van der Waals surface area contributed by atoms with E-state index in [1.807, 2.05) is 0 Å². The molecule has 24 heavy (non-hydrogen) atoms. The molecule has 0 aromatic carbocycles. The van der Waals surface area contributed by atoms with Crippen molar-refractivity contribution in [1.82, 2.24) is 0 Å². The van der Waals surface area contributed by atoms with Crippen LogP contribution in [0.5, 0.6) is 0 Å². The molecule has 0 rings (SSSR count). The van der Waals surface area contributed by atoms with E-state index in [0.29, 0.717) is 23.7 Å². The predicted octanol–water partition coefficient (Wildman–Crippen LogP) is 7.36. The van der Waals surface area contributed by atoms with Crippen LogP contribution >= 0.6 is 8.25 Å². The Balaban J connectivity index is 4.86. The van der Waals surface area contributed by atoms with E-state index in [2.05, 4.69) is 67.5 Å². The largest absolute Gasteiger partial charge is 0.423 e. The summed E-state index contributed by atoms with van der Waals surface area (Å²) in [5.41, 5.74) is 0. The van der Waals surface area contributed by atoms with Gasteiger partial charge in [-0.2, -0.15) is 0 Å². The number of allylic oxidation sites excluding steroid dienone is 4. The summed E-state index contributed by atoms with van der Waals surface area (Å²) in [6.07, 6.45) is 7.58. The molecule has 0 aliphatic rings. The highest BCUT2D eigenvalue weighted by atomic mass is 31.1. The van der Waals surface area contributed by atoms with Crippen LogP contribution < -0.4 is 0 Å². The average molecular weight is 359 g/mol. The second-order valence-electron chi connectivity index (χ2n) is 8.25. The molecule has 0 unspecified atom stereocenters. The normalized spacial score (nSPS) is 14.8. The summed E-state index contributed by atoms with van der Waals surface area (Å²) in [4.78, 5) is 0. The molecule has 0 bridgehead atoms. The van der Waals surface area contributed by atoms with Crippen molar-refractivity contribution in [2.24, 2.45) is 23.7 Å². The summed E-state index contributed by atoms with van der Waals surface area (Å²) in [5.74, 6) is 3.64. The van der Waals surface area contributed by atoms with Crippen molar-refractivity contribution < 1.29 is 13.6 Å². The third kappa shape index (κ3) is 13.7. The molecule has 0 heterocycles. The number of rotatable bonds is 12. The summed E-state index contributed by atoms with van der Waals surface area (Å²) in [6, 6.07) is 0. The summed E-state index contributed by atoms with van der Waals surface area (Å²) in [7, 11) is -2.56. The van der Waals surface area contributed by atoms with Crippen LogP contribution in [0.4, 0.5) is 0 Å². The van der Waals surface area contributed by atoms with Gasteiger partial charge < -0.3 is 9.05 Å². The SMILES string of the molecule is CC(C)CC=C(CC(C)C)O[PH](=O)OC(=CCC(C)C)CC(C)C. The van der Waals surface area contributed by atoms with Crippen molar-refractivity contribution >= 4 is 8.25 Å². The Morgan fingerprint density at radius 3 is 1.29 bits per heavy atom. The van der Waals surface area contributed by atoms with Crippen LogP contribution in [-0.4, -0.2) is 0 Å². The van der Waals surface area contributed by atoms with E-state index >= 15 is 0 Å².